The van der Waals surface area contributed by atoms with E-state index < -0.39 is 5.25 Å². The molecule has 0 fully saturated rings. The van der Waals surface area contributed by atoms with Gasteiger partial charge in [-0.3, -0.25) is 14.4 Å². The Labute approximate surface area is 209 Å². The summed E-state index contributed by atoms with van der Waals surface area (Å²) in [6.07, 6.45) is 0. The van der Waals surface area contributed by atoms with Gasteiger partial charge in [0.2, 0.25) is 5.91 Å². The highest BCUT2D eigenvalue weighted by Gasteiger charge is 2.32. The average molecular weight is 494 g/mol. The largest absolute Gasteiger partial charge is 0.324 e. The van der Waals surface area contributed by atoms with Gasteiger partial charge >= 0.3 is 0 Å². The van der Waals surface area contributed by atoms with Crippen LogP contribution in [0.1, 0.15) is 44.6 Å². The molecule has 1 N–H and O–H groups in total. The molecule has 0 spiro atoms. The van der Waals surface area contributed by atoms with Gasteiger partial charge in [0.15, 0.2) is 22.4 Å². The summed E-state index contributed by atoms with van der Waals surface area (Å²) in [6.45, 7) is 3.56. The number of fused-ring (bicyclic) bond motifs is 5. The summed E-state index contributed by atoms with van der Waals surface area (Å²) < 4.78 is 1.65. The summed E-state index contributed by atoms with van der Waals surface area (Å²) in [7, 11) is 0. The number of thioether (sulfide) groups is 1. The smallest absolute Gasteiger partial charge is 0.237 e. The molecule has 1 unspecified atom stereocenters. The lowest BCUT2D eigenvalue weighted by Gasteiger charge is -2.21. The maximum atomic E-state index is 13.3. The van der Waals surface area contributed by atoms with Gasteiger partial charge in [-0.15, -0.1) is 5.10 Å². The standard InChI is InChI=1S/C27H19N5O3S/c1-14(36-27-30-20-12-6-5-10-18(20)25-28-15(2)31-32(25)27)26(35)29-21-13-7-11-19-22(21)24(34)17-9-4-3-8-16(17)23(19)33/h3-14H,1-2H3,(H,29,35). The van der Waals surface area contributed by atoms with Gasteiger partial charge in [-0.05, 0) is 32.0 Å². The lowest BCUT2D eigenvalue weighted by molar-refractivity contribution is -0.115. The van der Waals surface area contributed by atoms with E-state index >= 15 is 0 Å². The molecule has 1 aliphatic carbocycles. The molecular weight excluding hydrogens is 474 g/mol. The highest BCUT2D eigenvalue weighted by atomic mass is 32.2. The van der Waals surface area contributed by atoms with Crippen LogP contribution in [0.3, 0.4) is 0 Å². The zero-order valence-electron chi connectivity index (χ0n) is 19.4. The number of anilines is 1. The predicted octanol–water partition coefficient (Wildman–Crippen LogP) is 4.48. The minimum atomic E-state index is -0.580. The van der Waals surface area contributed by atoms with Gasteiger partial charge in [0.05, 0.1) is 22.0 Å². The number of rotatable bonds is 4. The third kappa shape index (κ3) is 3.47. The van der Waals surface area contributed by atoms with Crippen LogP contribution in [0.25, 0.3) is 16.6 Å². The van der Waals surface area contributed by atoms with Crippen LogP contribution in [0.2, 0.25) is 0 Å². The molecule has 0 radical (unpaired) electrons. The minimum Gasteiger partial charge on any atom is -0.324 e. The second-order valence-electron chi connectivity index (χ2n) is 8.49. The van der Waals surface area contributed by atoms with Crippen molar-refractivity contribution in [2.45, 2.75) is 24.3 Å². The Morgan fingerprint density at radius 1 is 0.889 bits per heavy atom. The third-order valence-corrected chi connectivity index (χ3v) is 7.16. The van der Waals surface area contributed by atoms with Gasteiger partial charge in [0, 0.05) is 22.1 Å². The van der Waals surface area contributed by atoms with Crippen molar-refractivity contribution in [3.05, 3.63) is 94.8 Å². The molecule has 0 bridgehead atoms. The van der Waals surface area contributed by atoms with Crippen molar-refractivity contribution in [3.63, 3.8) is 0 Å². The molecule has 2 heterocycles. The molecule has 2 aromatic heterocycles. The molecule has 8 nitrogen and oxygen atoms in total. The number of carbonyl (C=O) groups is 3. The van der Waals surface area contributed by atoms with Gasteiger partial charge < -0.3 is 5.32 Å². The fourth-order valence-electron chi connectivity index (χ4n) is 4.40. The quantitative estimate of drug-likeness (QED) is 0.285. The number of para-hydroxylation sites is 1. The third-order valence-electron chi connectivity index (χ3n) is 6.12. The van der Waals surface area contributed by atoms with E-state index in [1.165, 1.54) is 11.8 Å². The fourth-order valence-corrected chi connectivity index (χ4v) is 5.27. The number of nitrogens with zero attached hydrogens (tertiary/aromatic N) is 4. The van der Waals surface area contributed by atoms with Crippen molar-refractivity contribution in [2.75, 3.05) is 5.32 Å². The van der Waals surface area contributed by atoms with Crippen molar-refractivity contribution in [1.29, 1.82) is 0 Å². The van der Waals surface area contributed by atoms with E-state index in [1.54, 1.807) is 60.8 Å². The number of aryl methyl sites for hydroxylation is 1. The number of carbonyl (C=O) groups excluding carboxylic acids is 3. The number of ketones is 2. The molecule has 176 valence electrons. The summed E-state index contributed by atoms with van der Waals surface area (Å²) in [5, 5.41) is 8.15. The number of hydrogen-bond acceptors (Lipinski definition) is 7. The average Bonchev–Trinajstić information content (AvgIpc) is 3.29. The first-order valence-electron chi connectivity index (χ1n) is 11.3. The Morgan fingerprint density at radius 3 is 2.39 bits per heavy atom. The zero-order valence-corrected chi connectivity index (χ0v) is 20.2. The molecule has 6 rings (SSSR count). The van der Waals surface area contributed by atoms with Crippen LogP contribution in [-0.4, -0.2) is 42.3 Å². The number of hydrogen-bond donors (Lipinski definition) is 1. The first kappa shape index (κ1) is 22.1. The lowest BCUT2D eigenvalue weighted by Crippen LogP contribution is -2.27. The van der Waals surface area contributed by atoms with E-state index in [9.17, 15) is 14.4 Å². The highest BCUT2D eigenvalue weighted by Crippen LogP contribution is 2.33. The van der Waals surface area contributed by atoms with E-state index in [4.69, 9.17) is 4.98 Å². The summed E-state index contributed by atoms with van der Waals surface area (Å²) in [6, 6.07) is 19.3. The fraction of sp³-hybridized carbons (Fsp3) is 0.111. The molecule has 1 aliphatic rings. The van der Waals surface area contributed by atoms with E-state index in [2.05, 4.69) is 15.4 Å². The maximum Gasteiger partial charge on any atom is 0.237 e. The minimum absolute atomic E-state index is 0.213. The van der Waals surface area contributed by atoms with E-state index in [-0.39, 0.29) is 28.6 Å². The molecule has 9 heteroatoms. The first-order valence-corrected chi connectivity index (χ1v) is 12.2. The van der Waals surface area contributed by atoms with Crippen LogP contribution in [0.15, 0.2) is 71.9 Å². The molecule has 0 aliphatic heterocycles. The van der Waals surface area contributed by atoms with Crippen molar-refractivity contribution in [3.8, 4) is 0 Å². The summed E-state index contributed by atoms with van der Waals surface area (Å²) >= 11 is 1.24. The molecule has 1 amide bonds. The van der Waals surface area contributed by atoms with Crippen LogP contribution >= 0.6 is 11.8 Å². The van der Waals surface area contributed by atoms with Gasteiger partial charge in [-0.25, -0.2) is 9.97 Å². The second-order valence-corrected chi connectivity index (χ2v) is 9.80. The topological polar surface area (TPSA) is 106 Å². The number of amides is 1. The molecule has 1 atom stereocenters. The van der Waals surface area contributed by atoms with Gasteiger partial charge in [-0.1, -0.05) is 60.3 Å². The van der Waals surface area contributed by atoms with Crippen molar-refractivity contribution < 1.29 is 14.4 Å². The Hall–Kier alpha value is -4.37. The lowest BCUT2D eigenvalue weighted by atomic mass is 9.83. The van der Waals surface area contributed by atoms with Gasteiger partial charge in [0.25, 0.3) is 0 Å². The van der Waals surface area contributed by atoms with Gasteiger partial charge in [-0.2, -0.15) is 4.52 Å². The number of nitrogens with one attached hydrogen (secondary N) is 1. The van der Waals surface area contributed by atoms with Gasteiger partial charge in [0.1, 0.15) is 5.82 Å². The summed E-state index contributed by atoms with van der Waals surface area (Å²) in [5.41, 5.74) is 2.95. The second kappa shape index (κ2) is 8.39. The molecular formula is C27H19N5O3S. The monoisotopic (exact) mass is 493 g/mol. The van der Waals surface area contributed by atoms with Crippen LogP contribution in [0.5, 0.6) is 0 Å². The van der Waals surface area contributed by atoms with E-state index in [1.807, 2.05) is 24.3 Å². The molecule has 3 aromatic carbocycles. The van der Waals surface area contributed by atoms with Crippen LogP contribution < -0.4 is 5.32 Å². The van der Waals surface area contributed by atoms with Crippen LogP contribution in [-0.2, 0) is 4.79 Å². The van der Waals surface area contributed by atoms with Crippen molar-refractivity contribution in [2.24, 2.45) is 0 Å². The van der Waals surface area contributed by atoms with E-state index in [0.29, 0.717) is 33.4 Å². The Balaban J connectivity index is 1.32. The van der Waals surface area contributed by atoms with Crippen LogP contribution in [0, 0.1) is 6.92 Å². The Kier molecular flexibility index (Phi) is 5.15. The number of benzene rings is 3. The maximum absolute atomic E-state index is 13.3. The normalized spacial score (nSPS) is 13.5. The zero-order chi connectivity index (χ0) is 25.0. The summed E-state index contributed by atoms with van der Waals surface area (Å²) in [4.78, 5) is 48.7. The van der Waals surface area contributed by atoms with E-state index in [0.717, 1.165) is 10.9 Å². The Morgan fingerprint density at radius 2 is 1.58 bits per heavy atom. The van der Waals surface area contributed by atoms with Crippen molar-refractivity contribution >= 4 is 51.5 Å². The van der Waals surface area contributed by atoms with Crippen molar-refractivity contribution in [1.82, 2.24) is 19.6 Å². The molecule has 36 heavy (non-hydrogen) atoms. The Bertz CT molecular complexity index is 1740. The summed E-state index contributed by atoms with van der Waals surface area (Å²) in [5.74, 6) is -0.241. The predicted molar refractivity (Wildman–Crippen MR) is 137 cm³/mol. The highest BCUT2D eigenvalue weighted by molar-refractivity contribution is 8.00. The number of aromatic nitrogens is 4. The molecule has 0 saturated heterocycles. The van der Waals surface area contributed by atoms with Crippen LogP contribution in [0.4, 0.5) is 5.69 Å². The molecule has 0 saturated carbocycles. The molecule has 5 aromatic rings. The first-order chi connectivity index (χ1) is 17.4. The SMILES string of the molecule is Cc1nc2c3ccccc3nc(SC(C)C(=O)Nc3cccc4c3C(=O)c3ccccc3C4=O)n2n1.